The first-order valence-corrected chi connectivity index (χ1v) is 29.0. The highest BCUT2D eigenvalue weighted by Crippen LogP contribution is 2.52. The van der Waals surface area contributed by atoms with E-state index in [-0.39, 0.29) is 16.2 Å². The van der Waals surface area contributed by atoms with Crippen molar-refractivity contribution in [3.63, 3.8) is 0 Å². The number of aryl methyl sites for hydroxylation is 1. The van der Waals surface area contributed by atoms with Crippen LogP contribution in [0.2, 0.25) is 0 Å². The summed E-state index contributed by atoms with van der Waals surface area (Å²) in [5, 5.41) is 10.8. The zero-order valence-electron chi connectivity index (χ0n) is 47.6. The van der Waals surface area contributed by atoms with Gasteiger partial charge in [0.25, 0.3) is 0 Å². The highest BCUT2D eigenvalue weighted by atomic mass is 14.4. The van der Waals surface area contributed by atoms with Crippen LogP contribution in [0.3, 0.4) is 0 Å². The molecule has 0 atom stereocenters. The average molecular weight is 1030 g/mol. The number of rotatable bonds is 6. The molecule has 80 heavy (non-hydrogen) atoms. The molecule has 0 heteroatoms. The van der Waals surface area contributed by atoms with Crippen LogP contribution in [-0.4, -0.2) is 0 Å². The average Bonchev–Trinajstić information content (AvgIpc) is 3.34. The minimum absolute atomic E-state index is 0.0976. The van der Waals surface area contributed by atoms with Gasteiger partial charge in [0, 0.05) is 5.41 Å². The van der Waals surface area contributed by atoms with E-state index in [4.69, 9.17) is 0 Å². The van der Waals surface area contributed by atoms with Crippen molar-refractivity contribution in [1.29, 1.82) is 0 Å². The van der Waals surface area contributed by atoms with Crippen molar-refractivity contribution < 1.29 is 0 Å². The van der Waals surface area contributed by atoms with E-state index in [0.717, 1.165) is 12.8 Å². The Morgan fingerprint density at radius 1 is 0.375 bits per heavy atom. The lowest BCUT2D eigenvalue weighted by Gasteiger charge is -2.32. The lowest BCUT2D eigenvalue weighted by atomic mass is 9.72. The molecule has 15 rings (SSSR count). The smallest absolute Gasteiger partial charge is 0.0159 e. The third-order valence-corrected chi connectivity index (χ3v) is 18.9. The van der Waals surface area contributed by atoms with Crippen LogP contribution in [0.15, 0.2) is 212 Å². The fourth-order valence-electron chi connectivity index (χ4n) is 14.1. The van der Waals surface area contributed by atoms with Crippen molar-refractivity contribution in [2.24, 2.45) is 5.41 Å². The topological polar surface area (TPSA) is 0 Å². The van der Waals surface area contributed by atoms with E-state index in [2.05, 4.69) is 275 Å². The van der Waals surface area contributed by atoms with Gasteiger partial charge in [-0.25, -0.2) is 0 Å². The van der Waals surface area contributed by atoms with E-state index in [0.29, 0.717) is 0 Å². The molecule has 0 N–H and O–H groups in total. The third kappa shape index (κ3) is 7.63. The molecule has 0 spiro atoms. The lowest BCUT2D eigenvalue weighted by Crippen LogP contribution is -2.15. The predicted molar refractivity (Wildman–Crippen MR) is 345 cm³/mol. The Morgan fingerprint density at radius 3 is 1.35 bits per heavy atom. The van der Waals surface area contributed by atoms with Crippen molar-refractivity contribution in [3.05, 3.63) is 251 Å². The molecular weight excluding hydrogens is 961 g/mol. The van der Waals surface area contributed by atoms with E-state index < -0.39 is 0 Å². The van der Waals surface area contributed by atoms with Gasteiger partial charge < -0.3 is 0 Å². The van der Waals surface area contributed by atoms with Gasteiger partial charge in [-0.1, -0.05) is 261 Å². The minimum atomic E-state index is -0.141. The summed E-state index contributed by atoms with van der Waals surface area (Å²) in [6.45, 7) is 21.1. The van der Waals surface area contributed by atoms with Gasteiger partial charge in [0.15, 0.2) is 0 Å². The molecule has 0 unspecified atom stereocenters. The Balaban J connectivity index is 0.653. The van der Waals surface area contributed by atoms with E-state index in [1.807, 2.05) is 0 Å². The maximum atomic E-state index is 2.51. The molecule has 0 saturated carbocycles. The van der Waals surface area contributed by atoms with Gasteiger partial charge in [-0.05, 0) is 208 Å². The van der Waals surface area contributed by atoms with E-state index in [1.54, 1.807) is 0 Å². The van der Waals surface area contributed by atoms with Crippen LogP contribution in [0.4, 0.5) is 0 Å². The summed E-state index contributed by atoms with van der Waals surface area (Å²) in [5.41, 5.74) is 30.7. The van der Waals surface area contributed by atoms with Gasteiger partial charge in [-0.15, -0.1) is 0 Å². The normalized spacial score (nSPS) is 14.5. The van der Waals surface area contributed by atoms with Crippen molar-refractivity contribution >= 4 is 54.7 Å². The van der Waals surface area contributed by atoms with Crippen molar-refractivity contribution in [2.45, 2.75) is 86.0 Å². The summed E-state index contributed by atoms with van der Waals surface area (Å²) in [5.74, 6) is 0. The molecule has 386 valence electrons. The van der Waals surface area contributed by atoms with Crippen LogP contribution >= 0.6 is 0 Å². The van der Waals surface area contributed by atoms with Crippen LogP contribution in [0, 0.1) is 12.3 Å². The van der Waals surface area contributed by atoms with Crippen LogP contribution in [0.25, 0.3) is 133 Å². The molecule has 12 aromatic rings. The van der Waals surface area contributed by atoms with Crippen molar-refractivity contribution in [3.8, 4) is 77.9 Å². The molecule has 12 aromatic carbocycles. The Morgan fingerprint density at radius 2 is 0.812 bits per heavy atom. The number of benzene rings is 12. The summed E-state index contributed by atoms with van der Waals surface area (Å²) >= 11 is 0. The fourth-order valence-corrected chi connectivity index (χ4v) is 14.1. The molecule has 0 bridgehead atoms. The number of allylic oxidation sites excluding steroid dienone is 3. The van der Waals surface area contributed by atoms with E-state index in [9.17, 15) is 0 Å². The molecule has 0 aliphatic heterocycles. The zero-order chi connectivity index (χ0) is 54.6. The standard InChI is InChI=1S/C80H66/c1-47-40-71(70-39-33-62-44-64(79(5,6)7)43-61-31-34-65(47)77(70)75(61)62)55-24-20-53(21-25-55)58-30-37-68-67-36-29-57(45-72(67)80(8,9)73(68)46-58)52-16-14-50(15-17-52)48-10-12-49(13-11-48)51-18-22-54(23-19-51)66-35-28-56-26-27-59-41-63(78(2,3)4)42-60-32-38-69(66)76(56)74(59)60/h10-33,35-42,44-46H,34,43H2,1-9H3. The first kappa shape index (κ1) is 48.5. The quantitative estimate of drug-likeness (QED) is 0.146. The van der Waals surface area contributed by atoms with Crippen molar-refractivity contribution in [2.75, 3.05) is 0 Å². The molecule has 0 radical (unpaired) electrons. The monoisotopic (exact) mass is 1030 g/mol. The molecule has 3 aliphatic rings. The largest absolute Gasteiger partial charge is 0.0759 e. The van der Waals surface area contributed by atoms with Crippen LogP contribution in [0.1, 0.15) is 101 Å². The van der Waals surface area contributed by atoms with Crippen LogP contribution < -0.4 is 0 Å². The minimum Gasteiger partial charge on any atom is -0.0759 e. The second kappa shape index (κ2) is 17.5. The number of fused-ring (bicyclic) bond motifs is 3. The molecule has 0 amide bonds. The second-order valence-corrected chi connectivity index (χ2v) is 26.1. The van der Waals surface area contributed by atoms with Crippen LogP contribution in [0.5, 0.6) is 0 Å². The van der Waals surface area contributed by atoms with Gasteiger partial charge in [0.05, 0.1) is 0 Å². The summed E-state index contributed by atoms with van der Waals surface area (Å²) in [6, 6.07) is 76.8. The Bertz CT molecular complexity index is 4590. The summed E-state index contributed by atoms with van der Waals surface area (Å²) in [6.07, 6.45) is 7.04. The summed E-state index contributed by atoms with van der Waals surface area (Å²) in [4.78, 5) is 0. The molecular formula is C80H66. The molecule has 0 aromatic heterocycles. The molecule has 0 nitrogen and oxygen atoms in total. The van der Waals surface area contributed by atoms with Gasteiger partial charge in [-0.2, -0.15) is 0 Å². The van der Waals surface area contributed by atoms with Crippen molar-refractivity contribution in [1.82, 2.24) is 0 Å². The zero-order valence-corrected chi connectivity index (χ0v) is 47.6. The Kier molecular flexibility index (Phi) is 10.6. The number of hydrogen-bond acceptors (Lipinski definition) is 0. The maximum absolute atomic E-state index is 2.51. The van der Waals surface area contributed by atoms with E-state index >= 15 is 0 Å². The SMILES string of the molecule is Cc1cc(-c2ccc(-c3ccc4c(c3)C(C)(C)c3cc(-c5ccc(-c6ccc(-c7ccc(-c8ccc9ccc%10cc(C(C)(C)C)cc%11ccc8c9c%10%11)cc7)cc6)cc5)ccc3-4)cc2)c2ccc3c4c2c1CC=C4CC(C(C)(C)C)=C3. The Hall–Kier alpha value is -8.58. The fraction of sp³-hybridized carbons (Fsp3) is 0.175. The van der Waals surface area contributed by atoms with Gasteiger partial charge in [0.2, 0.25) is 0 Å². The summed E-state index contributed by atoms with van der Waals surface area (Å²) < 4.78 is 0. The van der Waals surface area contributed by atoms with Gasteiger partial charge in [-0.3, -0.25) is 0 Å². The van der Waals surface area contributed by atoms with Crippen LogP contribution in [-0.2, 0) is 17.3 Å². The molecule has 0 fully saturated rings. The maximum Gasteiger partial charge on any atom is 0.0159 e. The van der Waals surface area contributed by atoms with Gasteiger partial charge in [0.1, 0.15) is 0 Å². The molecule has 0 saturated heterocycles. The first-order valence-electron chi connectivity index (χ1n) is 29.0. The highest BCUT2D eigenvalue weighted by molar-refractivity contribution is 6.25. The lowest BCUT2D eigenvalue weighted by molar-refractivity contribution is 0.498. The van der Waals surface area contributed by atoms with Gasteiger partial charge >= 0.3 is 0 Å². The highest BCUT2D eigenvalue weighted by Gasteiger charge is 2.36. The first-order chi connectivity index (χ1) is 38.5. The second-order valence-electron chi connectivity index (χ2n) is 26.1. The number of hydrogen-bond donors (Lipinski definition) is 0. The van der Waals surface area contributed by atoms with E-state index in [1.165, 1.54) is 171 Å². The third-order valence-electron chi connectivity index (χ3n) is 18.9. The molecule has 0 heterocycles. The molecule has 3 aliphatic carbocycles. The Labute approximate surface area is 472 Å². The summed E-state index contributed by atoms with van der Waals surface area (Å²) in [7, 11) is 0. The predicted octanol–water partition coefficient (Wildman–Crippen LogP) is 22.4.